The van der Waals surface area contributed by atoms with E-state index in [2.05, 4.69) is 25.8 Å². The van der Waals surface area contributed by atoms with Crippen LogP contribution in [0.2, 0.25) is 0 Å². The molecule has 1 heterocycles. The third-order valence-electron chi connectivity index (χ3n) is 3.29. The number of halogens is 1. The summed E-state index contributed by atoms with van der Waals surface area (Å²) in [5.74, 6) is 0.0785. The van der Waals surface area contributed by atoms with Crippen molar-refractivity contribution in [2.45, 2.75) is 32.7 Å². The minimum Gasteiger partial charge on any atom is -0.326 e. The molecule has 1 aromatic carbocycles. The lowest BCUT2D eigenvalue weighted by Crippen LogP contribution is -2.32. The Morgan fingerprint density at radius 2 is 1.95 bits per heavy atom. The number of pyridine rings is 1. The number of rotatable bonds is 6. The molecule has 0 unspecified atom stereocenters. The number of anilines is 1. The lowest BCUT2D eigenvalue weighted by atomic mass is 10.2. The second-order valence-electron chi connectivity index (χ2n) is 5.08. The number of carbonyl (C=O) groups excluding carboxylic acids is 1. The summed E-state index contributed by atoms with van der Waals surface area (Å²) in [5.41, 5.74) is 1.98. The average Bonchev–Trinajstić information content (AvgIpc) is 2.49. The summed E-state index contributed by atoms with van der Waals surface area (Å²) in [5, 5.41) is 2.94. The lowest BCUT2D eigenvalue weighted by molar-refractivity contribution is -0.697. The maximum atomic E-state index is 11.9. The van der Waals surface area contributed by atoms with Crippen LogP contribution in [0.25, 0.3) is 0 Å². The molecule has 0 atom stereocenters. The van der Waals surface area contributed by atoms with E-state index in [1.165, 1.54) is 0 Å². The van der Waals surface area contributed by atoms with Gasteiger partial charge in [0.15, 0.2) is 12.4 Å². The summed E-state index contributed by atoms with van der Waals surface area (Å²) in [6.45, 7) is 2.96. The second kappa shape index (κ2) is 7.93. The first-order valence-electron chi connectivity index (χ1n) is 7.15. The molecule has 21 heavy (non-hydrogen) atoms. The number of amides is 1. The zero-order chi connectivity index (χ0) is 15.1. The number of hydrogen-bond donors (Lipinski definition) is 1. The summed E-state index contributed by atoms with van der Waals surface area (Å²) in [4.78, 5) is 11.9. The Bertz CT molecular complexity index is 599. The Morgan fingerprint density at radius 3 is 2.67 bits per heavy atom. The minimum absolute atomic E-state index is 0.0785. The molecule has 0 radical (unpaired) electrons. The van der Waals surface area contributed by atoms with Crippen molar-refractivity contribution >= 4 is 27.5 Å². The van der Waals surface area contributed by atoms with Gasteiger partial charge in [0.25, 0.3) is 0 Å². The molecular formula is C17H20BrN2O+. The van der Waals surface area contributed by atoms with Gasteiger partial charge in [0.1, 0.15) is 6.54 Å². The minimum atomic E-state index is 0.0785. The maximum Gasteiger partial charge on any atom is 0.224 e. The monoisotopic (exact) mass is 347 g/mol. The van der Waals surface area contributed by atoms with Crippen LogP contribution in [0.3, 0.4) is 0 Å². The van der Waals surface area contributed by atoms with E-state index in [0.29, 0.717) is 6.42 Å². The molecule has 2 aromatic rings. The number of aryl methyl sites for hydroxylation is 2. The SMILES string of the molecule is Cc1cc(NC(=O)CCCC[n+]2ccccc2)ccc1Br. The van der Waals surface area contributed by atoms with Crippen LogP contribution in [0.15, 0.2) is 53.3 Å². The van der Waals surface area contributed by atoms with Crippen molar-refractivity contribution in [3.05, 3.63) is 58.8 Å². The number of unbranched alkanes of at least 4 members (excludes halogenated alkanes) is 1. The normalized spacial score (nSPS) is 10.4. The van der Waals surface area contributed by atoms with Crippen molar-refractivity contribution < 1.29 is 9.36 Å². The van der Waals surface area contributed by atoms with E-state index in [0.717, 1.165) is 35.1 Å². The molecule has 0 aliphatic heterocycles. The summed E-state index contributed by atoms with van der Waals surface area (Å²) >= 11 is 3.45. The van der Waals surface area contributed by atoms with Crippen LogP contribution in [-0.4, -0.2) is 5.91 Å². The molecule has 0 bridgehead atoms. The van der Waals surface area contributed by atoms with Gasteiger partial charge in [0, 0.05) is 35.1 Å². The van der Waals surface area contributed by atoms with E-state index in [1.807, 2.05) is 55.7 Å². The third kappa shape index (κ3) is 5.31. The fourth-order valence-corrected chi connectivity index (χ4v) is 2.36. The van der Waals surface area contributed by atoms with E-state index < -0.39 is 0 Å². The number of nitrogens with one attached hydrogen (secondary N) is 1. The van der Waals surface area contributed by atoms with Crippen molar-refractivity contribution in [2.75, 3.05) is 5.32 Å². The van der Waals surface area contributed by atoms with Gasteiger partial charge in [0.05, 0.1) is 0 Å². The molecule has 1 amide bonds. The fourth-order valence-electron chi connectivity index (χ4n) is 2.11. The molecule has 1 N–H and O–H groups in total. The highest BCUT2D eigenvalue weighted by Crippen LogP contribution is 2.20. The number of benzene rings is 1. The van der Waals surface area contributed by atoms with Crippen LogP contribution in [-0.2, 0) is 11.3 Å². The van der Waals surface area contributed by atoms with E-state index in [1.54, 1.807) is 0 Å². The molecule has 0 aliphatic rings. The van der Waals surface area contributed by atoms with Crippen molar-refractivity contribution in [2.24, 2.45) is 0 Å². The Hall–Kier alpha value is -1.68. The predicted molar refractivity (Wildman–Crippen MR) is 88.0 cm³/mol. The molecular weight excluding hydrogens is 328 g/mol. The maximum absolute atomic E-state index is 11.9. The highest BCUT2D eigenvalue weighted by molar-refractivity contribution is 9.10. The summed E-state index contributed by atoms with van der Waals surface area (Å²) in [6, 6.07) is 11.9. The quantitative estimate of drug-likeness (QED) is 0.624. The Balaban J connectivity index is 1.71. The predicted octanol–water partition coefficient (Wildman–Crippen LogP) is 3.85. The molecule has 1 aromatic heterocycles. The number of aromatic nitrogens is 1. The number of nitrogens with zero attached hydrogens (tertiary/aromatic N) is 1. The van der Waals surface area contributed by atoms with Crippen LogP contribution < -0.4 is 9.88 Å². The molecule has 4 heteroatoms. The molecule has 3 nitrogen and oxygen atoms in total. The second-order valence-corrected chi connectivity index (χ2v) is 5.94. The van der Waals surface area contributed by atoms with Crippen molar-refractivity contribution in [3.63, 3.8) is 0 Å². The Labute approximate surface area is 134 Å². The van der Waals surface area contributed by atoms with Gasteiger partial charge in [-0.1, -0.05) is 22.0 Å². The summed E-state index contributed by atoms with van der Waals surface area (Å²) in [7, 11) is 0. The summed E-state index contributed by atoms with van der Waals surface area (Å²) in [6.07, 6.45) is 6.54. The molecule has 0 saturated heterocycles. The fraction of sp³-hybridized carbons (Fsp3) is 0.294. The van der Waals surface area contributed by atoms with Crippen molar-refractivity contribution in [1.29, 1.82) is 0 Å². The Morgan fingerprint density at radius 1 is 1.19 bits per heavy atom. The van der Waals surface area contributed by atoms with Gasteiger partial charge in [-0.2, -0.15) is 0 Å². The highest BCUT2D eigenvalue weighted by atomic mass is 79.9. The van der Waals surface area contributed by atoms with E-state index in [9.17, 15) is 4.79 Å². The molecule has 2 rings (SSSR count). The molecule has 110 valence electrons. The number of carbonyl (C=O) groups is 1. The summed E-state index contributed by atoms with van der Waals surface area (Å²) < 4.78 is 3.19. The first-order valence-corrected chi connectivity index (χ1v) is 7.94. The van der Waals surface area contributed by atoms with Crippen LogP contribution in [0.5, 0.6) is 0 Å². The highest BCUT2D eigenvalue weighted by Gasteiger charge is 2.05. The van der Waals surface area contributed by atoms with E-state index in [-0.39, 0.29) is 5.91 Å². The van der Waals surface area contributed by atoms with Crippen LogP contribution in [0, 0.1) is 6.92 Å². The van der Waals surface area contributed by atoms with Gasteiger partial charge < -0.3 is 5.32 Å². The van der Waals surface area contributed by atoms with Crippen molar-refractivity contribution in [1.82, 2.24) is 0 Å². The number of hydrogen-bond acceptors (Lipinski definition) is 1. The smallest absolute Gasteiger partial charge is 0.224 e. The molecule has 0 spiro atoms. The zero-order valence-corrected chi connectivity index (χ0v) is 13.8. The van der Waals surface area contributed by atoms with Gasteiger partial charge >= 0.3 is 0 Å². The van der Waals surface area contributed by atoms with E-state index in [4.69, 9.17) is 0 Å². The average molecular weight is 348 g/mol. The van der Waals surface area contributed by atoms with Crippen LogP contribution >= 0.6 is 15.9 Å². The van der Waals surface area contributed by atoms with Crippen molar-refractivity contribution in [3.8, 4) is 0 Å². The standard InChI is InChI=1S/C17H19BrN2O/c1-14-13-15(8-9-16(14)18)19-17(21)7-3-6-12-20-10-4-2-5-11-20/h2,4-5,8-11,13H,3,6-7,12H2,1H3/p+1. The van der Waals surface area contributed by atoms with Gasteiger partial charge in [0.2, 0.25) is 5.91 Å². The largest absolute Gasteiger partial charge is 0.326 e. The molecule has 0 saturated carbocycles. The topological polar surface area (TPSA) is 33.0 Å². The lowest BCUT2D eigenvalue weighted by Gasteiger charge is -2.06. The van der Waals surface area contributed by atoms with Gasteiger partial charge in [-0.05, 0) is 37.1 Å². The van der Waals surface area contributed by atoms with Gasteiger partial charge in [-0.15, -0.1) is 0 Å². The zero-order valence-electron chi connectivity index (χ0n) is 12.2. The molecule has 0 fully saturated rings. The first-order chi connectivity index (χ1) is 10.1. The first kappa shape index (κ1) is 15.7. The van der Waals surface area contributed by atoms with Crippen LogP contribution in [0.4, 0.5) is 5.69 Å². The van der Waals surface area contributed by atoms with Gasteiger partial charge in [-0.25, -0.2) is 4.57 Å². The van der Waals surface area contributed by atoms with Gasteiger partial charge in [-0.3, -0.25) is 4.79 Å². The molecule has 0 aliphatic carbocycles. The van der Waals surface area contributed by atoms with E-state index >= 15 is 0 Å². The third-order valence-corrected chi connectivity index (χ3v) is 4.18. The Kier molecular flexibility index (Phi) is 5.93. The van der Waals surface area contributed by atoms with Crippen LogP contribution in [0.1, 0.15) is 24.8 Å².